The fourth-order valence-electron chi connectivity index (χ4n) is 1.43. The van der Waals surface area contributed by atoms with Crippen LogP contribution in [0.1, 0.15) is 19.3 Å². The SMILES string of the molecule is O=C(O)CCOC1CCCS(=O)(=O)C1. The minimum Gasteiger partial charge on any atom is -0.481 e. The Morgan fingerprint density at radius 1 is 1.50 bits per heavy atom. The Morgan fingerprint density at radius 3 is 2.79 bits per heavy atom. The first kappa shape index (κ1) is 11.5. The number of sulfone groups is 1. The summed E-state index contributed by atoms with van der Waals surface area (Å²) in [6, 6.07) is 0. The Bertz CT molecular complexity index is 295. The molecule has 1 rings (SSSR count). The van der Waals surface area contributed by atoms with Crippen molar-refractivity contribution in [1.29, 1.82) is 0 Å². The lowest BCUT2D eigenvalue weighted by atomic mass is 10.2. The van der Waals surface area contributed by atoms with E-state index < -0.39 is 15.8 Å². The van der Waals surface area contributed by atoms with Crippen molar-refractivity contribution in [2.45, 2.75) is 25.4 Å². The van der Waals surface area contributed by atoms with E-state index in [4.69, 9.17) is 9.84 Å². The number of carboxylic acid groups (broad SMARTS) is 1. The molecule has 0 saturated carbocycles. The van der Waals surface area contributed by atoms with Crippen LogP contribution in [0.4, 0.5) is 0 Å². The molecule has 6 heteroatoms. The largest absolute Gasteiger partial charge is 0.481 e. The van der Waals surface area contributed by atoms with Crippen LogP contribution < -0.4 is 0 Å². The van der Waals surface area contributed by atoms with Crippen LogP contribution in [-0.2, 0) is 19.4 Å². The third-order valence-electron chi connectivity index (χ3n) is 2.09. The van der Waals surface area contributed by atoms with Gasteiger partial charge in [0, 0.05) is 0 Å². The predicted octanol–water partition coefficient (Wildman–Crippen LogP) is 0.0549. The van der Waals surface area contributed by atoms with Crippen molar-refractivity contribution in [2.24, 2.45) is 0 Å². The summed E-state index contributed by atoms with van der Waals surface area (Å²) in [4.78, 5) is 10.2. The van der Waals surface area contributed by atoms with Crippen LogP contribution in [0.25, 0.3) is 0 Å². The smallest absolute Gasteiger partial charge is 0.305 e. The minimum atomic E-state index is -2.96. The molecule has 0 aromatic rings. The van der Waals surface area contributed by atoms with Crippen LogP contribution >= 0.6 is 0 Å². The van der Waals surface area contributed by atoms with Crippen LogP contribution in [0.3, 0.4) is 0 Å². The van der Waals surface area contributed by atoms with Gasteiger partial charge in [0.2, 0.25) is 0 Å². The lowest BCUT2D eigenvalue weighted by Crippen LogP contribution is -2.31. The maximum atomic E-state index is 11.2. The molecule has 1 atom stereocenters. The highest BCUT2D eigenvalue weighted by Crippen LogP contribution is 2.15. The molecule has 0 radical (unpaired) electrons. The van der Waals surface area contributed by atoms with Gasteiger partial charge in [0.1, 0.15) is 0 Å². The van der Waals surface area contributed by atoms with E-state index >= 15 is 0 Å². The van der Waals surface area contributed by atoms with Gasteiger partial charge < -0.3 is 9.84 Å². The van der Waals surface area contributed by atoms with E-state index in [1.54, 1.807) is 0 Å². The first-order valence-electron chi connectivity index (χ1n) is 4.53. The number of aliphatic carboxylic acids is 1. The number of hydrogen-bond donors (Lipinski definition) is 1. The second-order valence-electron chi connectivity index (χ2n) is 3.39. The number of hydrogen-bond acceptors (Lipinski definition) is 4. The van der Waals surface area contributed by atoms with Crippen molar-refractivity contribution in [1.82, 2.24) is 0 Å². The summed E-state index contributed by atoms with van der Waals surface area (Å²) in [6.07, 6.45) is 0.934. The van der Waals surface area contributed by atoms with Gasteiger partial charge in [-0.3, -0.25) is 4.79 Å². The monoisotopic (exact) mass is 222 g/mol. The standard InChI is InChI=1S/C8H14O5S/c9-8(10)3-4-13-7-2-1-5-14(11,12)6-7/h7H,1-6H2,(H,9,10). The fraction of sp³-hybridized carbons (Fsp3) is 0.875. The van der Waals surface area contributed by atoms with Gasteiger partial charge in [-0.25, -0.2) is 8.42 Å². The van der Waals surface area contributed by atoms with Crippen LogP contribution in [-0.4, -0.2) is 43.7 Å². The summed E-state index contributed by atoms with van der Waals surface area (Å²) in [6.45, 7) is 0.0928. The van der Waals surface area contributed by atoms with Gasteiger partial charge in [-0.1, -0.05) is 0 Å². The number of carboxylic acids is 1. The van der Waals surface area contributed by atoms with E-state index in [2.05, 4.69) is 0 Å². The predicted molar refractivity (Wildman–Crippen MR) is 49.9 cm³/mol. The van der Waals surface area contributed by atoms with E-state index in [1.807, 2.05) is 0 Å². The maximum absolute atomic E-state index is 11.2. The van der Waals surface area contributed by atoms with Crippen LogP contribution in [0.2, 0.25) is 0 Å². The van der Waals surface area contributed by atoms with Crippen molar-refractivity contribution < 1.29 is 23.1 Å². The Balaban J connectivity index is 2.28. The van der Waals surface area contributed by atoms with Crippen molar-refractivity contribution in [3.05, 3.63) is 0 Å². The summed E-state index contributed by atoms with van der Waals surface area (Å²) in [7, 11) is -2.96. The summed E-state index contributed by atoms with van der Waals surface area (Å²) < 4.78 is 27.5. The van der Waals surface area contributed by atoms with Crippen molar-refractivity contribution in [3.8, 4) is 0 Å². The fourth-order valence-corrected chi connectivity index (χ4v) is 3.03. The number of rotatable bonds is 4. The Hall–Kier alpha value is -0.620. The molecule has 0 aromatic heterocycles. The summed E-state index contributed by atoms with van der Waals surface area (Å²) in [5.41, 5.74) is 0. The topological polar surface area (TPSA) is 80.7 Å². The molecule has 82 valence electrons. The quantitative estimate of drug-likeness (QED) is 0.727. The van der Waals surface area contributed by atoms with Gasteiger partial charge in [0.15, 0.2) is 9.84 Å². The molecule has 0 spiro atoms. The van der Waals surface area contributed by atoms with Crippen LogP contribution in [0.15, 0.2) is 0 Å². The maximum Gasteiger partial charge on any atom is 0.305 e. The summed E-state index contributed by atoms with van der Waals surface area (Å²) in [5.74, 6) is -0.665. The minimum absolute atomic E-state index is 0.0343. The normalized spacial score (nSPS) is 25.9. The van der Waals surface area contributed by atoms with E-state index in [-0.39, 0.29) is 30.6 Å². The number of carbonyl (C=O) groups is 1. The lowest BCUT2D eigenvalue weighted by molar-refractivity contribution is -0.138. The molecule has 1 heterocycles. The van der Waals surface area contributed by atoms with Gasteiger partial charge >= 0.3 is 5.97 Å². The highest BCUT2D eigenvalue weighted by molar-refractivity contribution is 7.91. The van der Waals surface area contributed by atoms with E-state index in [9.17, 15) is 13.2 Å². The third-order valence-corrected chi connectivity index (χ3v) is 3.88. The summed E-state index contributed by atoms with van der Waals surface area (Å²) >= 11 is 0. The van der Waals surface area contributed by atoms with E-state index in [0.29, 0.717) is 12.8 Å². The second kappa shape index (κ2) is 4.75. The molecular formula is C8H14O5S. The zero-order valence-electron chi connectivity index (χ0n) is 7.81. The van der Waals surface area contributed by atoms with Gasteiger partial charge in [-0.05, 0) is 12.8 Å². The van der Waals surface area contributed by atoms with Gasteiger partial charge in [0.05, 0.1) is 30.6 Å². The van der Waals surface area contributed by atoms with Crippen molar-refractivity contribution in [3.63, 3.8) is 0 Å². The van der Waals surface area contributed by atoms with Gasteiger partial charge in [0.25, 0.3) is 0 Å². The second-order valence-corrected chi connectivity index (χ2v) is 5.62. The molecule has 0 aliphatic carbocycles. The molecule has 1 aliphatic heterocycles. The van der Waals surface area contributed by atoms with Crippen LogP contribution in [0.5, 0.6) is 0 Å². The Morgan fingerprint density at radius 2 is 2.21 bits per heavy atom. The summed E-state index contributed by atoms with van der Waals surface area (Å²) in [5, 5.41) is 8.35. The van der Waals surface area contributed by atoms with Gasteiger partial charge in [-0.15, -0.1) is 0 Å². The molecule has 1 unspecified atom stereocenters. The molecule has 0 bridgehead atoms. The molecule has 1 saturated heterocycles. The van der Waals surface area contributed by atoms with Crippen molar-refractivity contribution >= 4 is 15.8 Å². The lowest BCUT2D eigenvalue weighted by Gasteiger charge is -2.21. The molecule has 0 amide bonds. The van der Waals surface area contributed by atoms with E-state index in [1.165, 1.54) is 0 Å². The average molecular weight is 222 g/mol. The molecule has 1 fully saturated rings. The molecule has 14 heavy (non-hydrogen) atoms. The molecular weight excluding hydrogens is 208 g/mol. The highest BCUT2D eigenvalue weighted by Gasteiger charge is 2.25. The molecule has 0 aromatic carbocycles. The molecule has 5 nitrogen and oxygen atoms in total. The Labute approximate surface area is 83.0 Å². The molecule has 1 N–H and O–H groups in total. The third kappa shape index (κ3) is 4.06. The number of ether oxygens (including phenoxy) is 1. The van der Waals surface area contributed by atoms with Crippen molar-refractivity contribution in [2.75, 3.05) is 18.1 Å². The van der Waals surface area contributed by atoms with Gasteiger partial charge in [-0.2, -0.15) is 0 Å². The zero-order valence-corrected chi connectivity index (χ0v) is 8.62. The Kier molecular flexibility index (Phi) is 3.88. The molecule has 1 aliphatic rings. The van der Waals surface area contributed by atoms with E-state index in [0.717, 1.165) is 0 Å². The zero-order chi connectivity index (χ0) is 10.6. The highest BCUT2D eigenvalue weighted by atomic mass is 32.2. The average Bonchev–Trinajstić information content (AvgIpc) is 2.01. The first-order valence-corrected chi connectivity index (χ1v) is 6.35. The first-order chi connectivity index (χ1) is 6.49. The van der Waals surface area contributed by atoms with Crippen LogP contribution in [0, 0.1) is 0 Å².